The van der Waals surface area contributed by atoms with Crippen LogP contribution in [0, 0.1) is 10.1 Å². The molecule has 0 spiro atoms. The van der Waals surface area contributed by atoms with Crippen molar-refractivity contribution < 1.29 is 4.92 Å². The topological polar surface area (TPSA) is 55.2 Å². The third-order valence-electron chi connectivity index (χ3n) is 3.10. The van der Waals surface area contributed by atoms with E-state index < -0.39 is 4.92 Å². The second-order valence-electron chi connectivity index (χ2n) is 4.06. The molecule has 0 radical (unpaired) electrons. The Bertz CT molecular complexity index is 405. The van der Waals surface area contributed by atoms with Gasteiger partial charge in [0.15, 0.2) is 0 Å². The van der Waals surface area contributed by atoms with Crippen molar-refractivity contribution >= 4 is 17.3 Å². The number of halogens is 1. The molecular formula is C12H17ClN2O2. The summed E-state index contributed by atoms with van der Waals surface area (Å²) in [4.78, 5) is 10.2. The van der Waals surface area contributed by atoms with E-state index in [0.717, 1.165) is 12.0 Å². The fourth-order valence-corrected chi connectivity index (χ4v) is 2.37. The maximum atomic E-state index is 10.6. The molecule has 0 saturated carbocycles. The van der Waals surface area contributed by atoms with Crippen LogP contribution in [-0.4, -0.2) is 18.0 Å². The molecule has 1 N–H and O–H groups in total. The van der Waals surface area contributed by atoms with Gasteiger partial charge in [0.05, 0.1) is 9.95 Å². The molecule has 2 unspecified atom stereocenters. The summed E-state index contributed by atoms with van der Waals surface area (Å²) in [5.74, 6) is 0.221. The highest BCUT2D eigenvalue weighted by atomic mass is 35.5. The highest BCUT2D eigenvalue weighted by Gasteiger charge is 2.19. The van der Waals surface area contributed by atoms with Gasteiger partial charge in [0.1, 0.15) is 0 Å². The third-order valence-corrected chi connectivity index (χ3v) is 3.43. The van der Waals surface area contributed by atoms with Crippen molar-refractivity contribution in [3.05, 3.63) is 38.9 Å². The number of nitro benzene ring substituents is 1. The Balaban J connectivity index is 3.03. The van der Waals surface area contributed by atoms with Crippen LogP contribution in [0.25, 0.3) is 0 Å². The van der Waals surface area contributed by atoms with Crippen LogP contribution in [0.3, 0.4) is 0 Å². The molecule has 0 aliphatic carbocycles. The first kappa shape index (κ1) is 13.9. The number of nitrogens with one attached hydrogen (secondary N) is 1. The highest BCUT2D eigenvalue weighted by Crippen LogP contribution is 2.30. The number of nitro groups is 1. The van der Waals surface area contributed by atoms with Gasteiger partial charge < -0.3 is 5.32 Å². The molecular weight excluding hydrogens is 240 g/mol. The van der Waals surface area contributed by atoms with E-state index in [1.807, 2.05) is 7.05 Å². The Labute approximate surface area is 106 Å². The monoisotopic (exact) mass is 256 g/mol. The zero-order valence-electron chi connectivity index (χ0n) is 10.2. The first-order valence-corrected chi connectivity index (χ1v) is 6.00. The minimum Gasteiger partial charge on any atom is -0.316 e. The molecule has 1 aromatic rings. The van der Waals surface area contributed by atoms with Gasteiger partial charge in [0.2, 0.25) is 0 Å². The minimum atomic E-state index is -0.435. The summed E-state index contributed by atoms with van der Waals surface area (Å²) >= 11 is 6.09. The molecule has 4 nitrogen and oxygen atoms in total. The second-order valence-corrected chi connectivity index (χ2v) is 4.46. The number of non-ortho nitro benzene ring substituents is 1. The molecule has 0 aromatic heterocycles. The number of hydrogen-bond acceptors (Lipinski definition) is 3. The van der Waals surface area contributed by atoms with Gasteiger partial charge in [-0.25, -0.2) is 0 Å². The van der Waals surface area contributed by atoms with Crippen LogP contribution >= 0.6 is 11.6 Å². The second kappa shape index (κ2) is 5.98. The Hall–Kier alpha value is -1.13. The molecule has 1 aromatic carbocycles. The standard InChI is InChI=1S/C12H17ClN2O2/c1-4-12(14-3)8(2)10-6-5-9(15(16)17)7-11(10)13/h5-8,12,14H,4H2,1-3H3. The summed E-state index contributed by atoms with van der Waals surface area (Å²) in [5, 5.41) is 14.3. The van der Waals surface area contributed by atoms with E-state index in [1.54, 1.807) is 6.07 Å². The normalized spacial score (nSPS) is 14.4. The predicted molar refractivity (Wildman–Crippen MR) is 69.7 cm³/mol. The van der Waals surface area contributed by atoms with Crippen LogP contribution in [-0.2, 0) is 0 Å². The fourth-order valence-electron chi connectivity index (χ4n) is 2.02. The lowest BCUT2D eigenvalue weighted by Gasteiger charge is -2.23. The molecule has 5 heteroatoms. The Morgan fingerprint density at radius 3 is 2.59 bits per heavy atom. The lowest BCUT2D eigenvalue weighted by atomic mass is 9.91. The summed E-state index contributed by atoms with van der Waals surface area (Å²) < 4.78 is 0. The number of nitrogens with zero attached hydrogens (tertiary/aromatic N) is 1. The third kappa shape index (κ3) is 3.17. The first-order valence-electron chi connectivity index (χ1n) is 5.62. The smallest absolute Gasteiger partial charge is 0.270 e. The minimum absolute atomic E-state index is 0.0310. The zero-order chi connectivity index (χ0) is 13.0. The summed E-state index contributed by atoms with van der Waals surface area (Å²) in [6.45, 7) is 4.16. The molecule has 0 aliphatic rings. The first-order chi connectivity index (χ1) is 8.01. The maximum absolute atomic E-state index is 10.6. The molecule has 0 amide bonds. The van der Waals surface area contributed by atoms with Crippen LogP contribution in [0.5, 0.6) is 0 Å². The van der Waals surface area contributed by atoms with Crippen molar-refractivity contribution in [1.29, 1.82) is 0 Å². The van der Waals surface area contributed by atoms with Gasteiger partial charge in [-0.15, -0.1) is 0 Å². The van der Waals surface area contributed by atoms with Gasteiger partial charge in [0.25, 0.3) is 5.69 Å². The average Bonchev–Trinajstić information content (AvgIpc) is 2.30. The van der Waals surface area contributed by atoms with Crippen LogP contribution in [0.2, 0.25) is 5.02 Å². The largest absolute Gasteiger partial charge is 0.316 e. The molecule has 17 heavy (non-hydrogen) atoms. The Morgan fingerprint density at radius 1 is 1.53 bits per heavy atom. The molecule has 2 atom stereocenters. The van der Waals surface area contributed by atoms with E-state index in [1.165, 1.54) is 12.1 Å². The molecule has 1 rings (SSSR count). The number of hydrogen-bond donors (Lipinski definition) is 1. The number of rotatable bonds is 5. The molecule has 0 bridgehead atoms. The molecule has 0 fully saturated rings. The van der Waals surface area contributed by atoms with E-state index in [9.17, 15) is 10.1 Å². The number of benzene rings is 1. The lowest BCUT2D eigenvalue weighted by molar-refractivity contribution is -0.384. The summed E-state index contributed by atoms with van der Waals surface area (Å²) in [6, 6.07) is 4.97. The van der Waals surface area contributed by atoms with Crippen molar-refractivity contribution in [1.82, 2.24) is 5.32 Å². The van der Waals surface area contributed by atoms with Gasteiger partial charge in [-0.05, 0) is 24.9 Å². The van der Waals surface area contributed by atoms with Crippen LogP contribution < -0.4 is 5.32 Å². The molecule has 94 valence electrons. The van der Waals surface area contributed by atoms with E-state index in [-0.39, 0.29) is 11.6 Å². The van der Waals surface area contributed by atoms with Crippen molar-refractivity contribution in [2.75, 3.05) is 7.05 Å². The van der Waals surface area contributed by atoms with Gasteiger partial charge in [-0.3, -0.25) is 10.1 Å². The van der Waals surface area contributed by atoms with Crippen LogP contribution in [0.4, 0.5) is 5.69 Å². The zero-order valence-corrected chi connectivity index (χ0v) is 11.0. The van der Waals surface area contributed by atoms with Gasteiger partial charge in [-0.2, -0.15) is 0 Å². The molecule has 0 heterocycles. The van der Waals surface area contributed by atoms with Crippen molar-refractivity contribution in [2.45, 2.75) is 32.2 Å². The van der Waals surface area contributed by atoms with Crippen molar-refractivity contribution in [2.24, 2.45) is 0 Å². The lowest BCUT2D eigenvalue weighted by Crippen LogP contribution is -2.30. The SMILES string of the molecule is CCC(NC)C(C)c1ccc([N+](=O)[O-])cc1Cl. The Morgan fingerprint density at radius 2 is 2.18 bits per heavy atom. The fraction of sp³-hybridized carbons (Fsp3) is 0.500. The summed E-state index contributed by atoms with van der Waals surface area (Å²) in [7, 11) is 1.91. The quantitative estimate of drug-likeness (QED) is 0.649. The van der Waals surface area contributed by atoms with E-state index in [4.69, 9.17) is 11.6 Å². The average molecular weight is 257 g/mol. The number of likely N-dealkylation sites (N-methyl/N-ethyl adjacent to an activating group) is 1. The van der Waals surface area contributed by atoms with Crippen molar-refractivity contribution in [3.8, 4) is 0 Å². The van der Waals surface area contributed by atoms with Crippen molar-refractivity contribution in [3.63, 3.8) is 0 Å². The van der Waals surface area contributed by atoms with Gasteiger partial charge in [0, 0.05) is 18.2 Å². The van der Waals surface area contributed by atoms with Crippen LogP contribution in [0.15, 0.2) is 18.2 Å². The molecule has 0 saturated heterocycles. The van der Waals surface area contributed by atoms with E-state index in [2.05, 4.69) is 19.2 Å². The van der Waals surface area contributed by atoms with Gasteiger partial charge >= 0.3 is 0 Å². The Kier molecular flexibility index (Phi) is 4.90. The maximum Gasteiger partial charge on any atom is 0.270 e. The predicted octanol–water partition coefficient (Wildman–Crippen LogP) is 3.35. The van der Waals surface area contributed by atoms with E-state index in [0.29, 0.717) is 11.1 Å². The van der Waals surface area contributed by atoms with Gasteiger partial charge in [-0.1, -0.05) is 31.5 Å². The molecule has 0 aliphatic heterocycles. The van der Waals surface area contributed by atoms with Crippen LogP contribution in [0.1, 0.15) is 31.7 Å². The van der Waals surface area contributed by atoms with E-state index >= 15 is 0 Å². The summed E-state index contributed by atoms with van der Waals surface area (Å²) in [5.41, 5.74) is 0.974. The summed E-state index contributed by atoms with van der Waals surface area (Å²) in [6.07, 6.45) is 0.977. The highest BCUT2D eigenvalue weighted by molar-refractivity contribution is 6.31.